The van der Waals surface area contributed by atoms with E-state index in [9.17, 15) is 4.21 Å². The van der Waals surface area contributed by atoms with E-state index in [4.69, 9.17) is 0 Å². The lowest BCUT2D eigenvalue weighted by molar-refractivity contribution is 0.413. The normalized spacial score (nSPS) is 26.7. The Labute approximate surface area is 154 Å². The molecule has 2 saturated carbocycles. The predicted octanol–water partition coefficient (Wildman–Crippen LogP) is 2.96. The van der Waals surface area contributed by atoms with Crippen molar-refractivity contribution in [2.75, 3.05) is 19.3 Å². The average molecular weight is 362 g/mol. The molecule has 0 aliphatic heterocycles. The highest BCUT2D eigenvalue weighted by atomic mass is 32.2. The predicted molar refractivity (Wildman–Crippen MR) is 107 cm³/mol. The molecule has 0 aromatic heterocycles. The second-order valence-corrected chi connectivity index (χ2v) is 9.38. The van der Waals surface area contributed by atoms with Crippen LogP contribution in [0, 0.1) is 0 Å². The molecule has 2 aliphatic rings. The van der Waals surface area contributed by atoms with E-state index in [2.05, 4.69) is 46.0 Å². The van der Waals surface area contributed by atoms with Crippen molar-refractivity contribution in [3.05, 3.63) is 35.9 Å². The second-order valence-electron chi connectivity index (χ2n) is 7.37. The number of rotatable bonds is 6. The summed E-state index contributed by atoms with van der Waals surface area (Å²) in [7, 11) is 1.15. The van der Waals surface area contributed by atoms with Gasteiger partial charge in [0.15, 0.2) is 5.96 Å². The van der Waals surface area contributed by atoms with Crippen LogP contribution in [0.15, 0.2) is 35.3 Å². The van der Waals surface area contributed by atoms with Crippen LogP contribution in [0.2, 0.25) is 0 Å². The molecule has 2 N–H and O–H groups in total. The smallest absolute Gasteiger partial charge is 0.191 e. The maximum Gasteiger partial charge on any atom is 0.191 e. The Balaban J connectivity index is 1.53. The van der Waals surface area contributed by atoms with Gasteiger partial charge in [0.25, 0.3) is 0 Å². The zero-order valence-corrected chi connectivity index (χ0v) is 16.3. The SMILES string of the molecule is CCS(=O)C1CCCC(NC(=NC)NCC2(c3ccccc3)CC2)C1. The molecule has 2 aliphatic carbocycles. The number of nitrogens with zero attached hydrogens (tertiary/aromatic N) is 1. The fraction of sp³-hybridized carbons (Fsp3) is 0.650. The lowest BCUT2D eigenvalue weighted by Gasteiger charge is -2.30. The first kappa shape index (κ1) is 18.4. The highest BCUT2D eigenvalue weighted by Gasteiger charge is 2.44. The summed E-state index contributed by atoms with van der Waals surface area (Å²) in [6.07, 6.45) is 6.86. The van der Waals surface area contributed by atoms with Gasteiger partial charge in [0, 0.05) is 46.9 Å². The van der Waals surface area contributed by atoms with Gasteiger partial charge < -0.3 is 10.6 Å². The Morgan fingerprint density at radius 1 is 1.28 bits per heavy atom. The molecule has 1 aromatic carbocycles. The Bertz CT molecular complexity index is 613. The molecule has 0 bridgehead atoms. The van der Waals surface area contributed by atoms with Crippen LogP contribution >= 0.6 is 0 Å². The van der Waals surface area contributed by atoms with E-state index in [0.717, 1.165) is 43.9 Å². The van der Waals surface area contributed by atoms with Gasteiger partial charge in [0.2, 0.25) is 0 Å². The van der Waals surface area contributed by atoms with Gasteiger partial charge in [0.1, 0.15) is 0 Å². The maximum absolute atomic E-state index is 12.1. The van der Waals surface area contributed by atoms with Crippen molar-refractivity contribution >= 4 is 16.8 Å². The van der Waals surface area contributed by atoms with Crippen LogP contribution in [-0.2, 0) is 16.2 Å². The Kier molecular flexibility index (Phi) is 6.15. The van der Waals surface area contributed by atoms with Gasteiger partial charge in [-0.1, -0.05) is 43.7 Å². The monoisotopic (exact) mass is 361 g/mol. The molecule has 0 radical (unpaired) electrons. The van der Waals surface area contributed by atoms with Crippen molar-refractivity contribution in [3.8, 4) is 0 Å². The first-order chi connectivity index (χ1) is 12.2. The van der Waals surface area contributed by atoms with Crippen molar-refractivity contribution in [1.29, 1.82) is 0 Å². The van der Waals surface area contributed by atoms with E-state index in [0.29, 0.717) is 11.3 Å². The number of guanidine groups is 1. The molecular weight excluding hydrogens is 330 g/mol. The van der Waals surface area contributed by atoms with Crippen LogP contribution in [-0.4, -0.2) is 40.8 Å². The van der Waals surface area contributed by atoms with Gasteiger partial charge in [-0.2, -0.15) is 0 Å². The number of aliphatic imine (C=N–C) groups is 1. The van der Waals surface area contributed by atoms with Crippen LogP contribution in [0.1, 0.15) is 51.0 Å². The highest BCUT2D eigenvalue weighted by Crippen LogP contribution is 2.47. The minimum absolute atomic E-state index is 0.275. The molecule has 138 valence electrons. The standard InChI is InChI=1S/C20H31N3OS/c1-3-25(24)18-11-7-10-17(14-18)23-19(21-2)22-15-20(12-13-20)16-8-5-4-6-9-16/h4-6,8-9,17-18H,3,7,10-15H2,1-2H3,(H2,21,22,23). The highest BCUT2D eigenvalue weighted by molar-refractivity contribution is 7.85. The van der Waals surface area contributed by atoms with Gasteiger partial charge in [-0.15, -0.1) is 0 Å². The first-order valence-electron chi connectivity index (χ1n) is 9.57. The fourth-order valence-corrected chi connectivity index (χ4v) is 5.25. The quantitative estimate of drug-likeness (QED) is 0.605. The summed E-state index contributed by atoms with van der Waals surface area (Å²) in [5, 5.41) is 7.45. The van der Waals surface area contributed by atoms with Crippen LogP contribution in [0.3, 0.4) is 0 Å². The van der Waals surface area contributed by atoms with Crippen LogP contribution in [0.4, 0.5) is 0 Å². The van der Waals surface area contributed by atoms with Crippen molar-refractivity contribution in [1.82, 2.24) is 10.6 Å². The third kappa shape index (κ3) is 4.63. The van der Waals surface area contributed by atoms with Crippen LogP contribution in [0.25, 0.3) is 0 Å². The molecule has 3 unspecified atom stereocenters. The minimum Gasteiger partial charge on any atom is -0.356 e. The summed E-state index contributed by atoms with van der Waals surface area (Å²) >= 11 is 0. The molecule has 2 fully saturated rings. The molecule has 0 saturated heterocycles. The van der Waals surface area contributed by atoms with Gasteiger partial charge in [-0.3, -0.25) is 9.20 Å². The molecule has 25 heavy (non-hydrogen) atoms. The van der Waals surface area contributed by atoms with E-state index < -0.39 is 10.8 Å². The van der Waals surface area contributed by atoms with Gasteiger partial charge >= 0.3 is 0 Å². The Morgan fingerprint density at radius 3 is 2.68 bits per heavy atom. The van der Waals surface area contributed by atoms with Crippen molar-refractivity contribution in [2.24, 2.45) is 4.99 Å². The van der Waals surface area contributed by atoms with E-state index in [-0.39, 0.29) is 5.41 Å². The zero-order chi connectivity index (χ0) is 17.7. The number of hydrogen-bond acceptors (Lipinski definition) is 2. The molecule has 0 amide bonds. The lowest BCUT2D eigenvalue weighted by atomic mass is 9.95. The summed E-state index contributed by atoms with van der Waals surface area (Å²) in [5.41, 5.74) is 1.70. The second kappa shape index (κ2) is 8.35. The zero-order valence-electron chi connectivity index (χ0n) is 15.5. The van der Waals surface area contributed by atoms with Gasteiger partial charge in [-0.05, 0) is 37.7 Å². The Morgan fingerprint density at radius 2 is 2.04 bits per heavy atom. The summed E-state index contributed by atoms with van der Waals surface area (Å²) in [5.74, 6) is 1.65. The lowest BCUT2D eigenvalue weighted by Crippen LogP contribution is -2.48. The van der Waals surface area contributed by atoms with Gasteiger partial charge in [-0.25, -0.2) is 0 Å². The number of hydrogen-bond donors (Lipinski definition) is 2. The molecule has 3 rings (SSSR count). The van der Waals surface area contributed by atoms with Crippen molar-refractivity contribution in [2.45, 2.75) is 62.2 Å². The summed E-state index contributed by atoms with van der Waals surface area (Å²) < 4.78 is 12.1. The molecule has 4 nitrogen and oxygen atoms in total. The third-order valence-corrected chi connectivity index (χ3v) is 7.42. The largest absolute Gasteiger partial charge is 0.356 e. The van der Waals surface area contributed by atoms with Crippen LogP contribution in [0.5, 0.6) is 0 Å². The minimum atomic E-state index is -0.684. The molecule has 0 heterocycles. The number of benzene rings is 1. The summed E-state index contributed by atoms with van der Waals surface area (Å²) in [6.45, 7) is 2.94. The summed E-state index contributed by atoms with van der Waals surface area (Å²) in [4.78, 5) is 4.42. The molecule has 5 heteroatoms. The van der Waals surface area contributed by atoms with E-state index in [1.54, 1.807) is 0 Å². The number of nitrogens with one attached hydrogen (secondary N) is 2. The topological polar surface area (TPSA) is 53.5 Å². The fourth-order valence-electron chi connectivity index (χ4n) is 3.90. The molecule has 0 spiro atoms. The van der Waals surface area contributed by atoms with E-state index in [1.165, 1.54) is 18.4 Å². The first-order valence-corrected chi connectivity index (χ1v) is 10.9. The molecular formula is C20H31N3OS. The van der Waals surface area contributed by atoms with E-state index in [1.807, 2.05) is 14.0 Å². The molecule has 1 aromatic rings. The Hall–Kier alpha value is -1.36. The average Bonchev–Trinajstić information content (AvgIpc) is 3.46. The van der Waals surface area contributed by atoms with Gasteiger partial charge in [0.05, 0.1) is 0 Å². The maximum atomic E-state index is 12.1. The third-order valence-electron chi connectivity index (χ3n) is 5.68. The van der Waals surface area contributed by atoms with E-state index >= 15 is 0 Å². The van der Waals surface area contributed by atoms with Crippen molar-refractivity contribution in [3.63, 3.8) is 0 Å². The molecule has 3 atom stereocenters. The van der Waals surface area contributed by atoms with Crippen molar-refractivity contribution < 1.29 is 4.21 Å². The van der Waals surface area contributed by atoms with Crippen LogP contribution < -0.4 is 10.6 Å². The summed E-state index contributed by atoms with van der Waals surface area (Å²) in [6, 6.07) is 11.2.